The summed E-state index contributed by atoms with van der Waals surface area (Å²) in [6.07, 6.45) is -4.98. The fraction of sp³-hybridized carbons (Fsp3) is 0.455. The highest BCUT2D eigenvalue weighted by Crippen LogP contribution is 2.21. The van der Waals surface area contributed by atoms with Crippen molar-refractivity contribution in [3.8, 4) is 0 Å². The van der Waals surface area contributed by atoms with E-state index >= 15 is 0 Å². The normalized spacial score (nSPS) is 12.2. The third-order valence-corrected chi connectivity index (χ3v) is 2.82. The zero-order valence-corrected chi connectivity index (χ0v) is 10.8. The summed E-state index contributed by atoms with van der Waals surface area (Å²) >= 11 is 3.03. The van der Waals surface area contributed by atoms with Gasteiger partial charge in [0.05, 0.1) is 10.9 Å². The molecule has 0 bridgehead atoms. The molecule has 0 spiro atoms. The van der Waals surface area contributed by atoms with Crippen LogP contribution in [-0.2, 0) is 6.54 Å². The SMILES string of the molecule is CN(CCC(F)(F)F)Cc1ccc(F)c(Br)c1. The Hall–Kier alpha value is -0.620. The zero-order valence-electron chi connectivity index (χ0n) is 9.19. The molecule has 0 heterocycles. The van der Waals surface area contributed by atoms with Crippen LogP contribution in [0.15, 0.2) is 22.7 Å². The molecule has 6 heteroatoms. The molecule has 1 rings (SSSR count). The maximum Gasteiger partial charge on any atom is 0.390 e. The molecule has 0 aliphatic carbocycles. The Balaban J connectivity index is 2.50. The van der Waals surface area contributed by atoms with E-state index in [4.69, 9.17) is 0 Å². The molecule has 0 aliphatic heterocycles. The average molecular weight is 314 g/mol. The summed E-state index contributed by atoms with van der Waals surface area (Å²) in [6.45, 7) is 0.285. The molecule has 1 nitrogen and oxygen atoms in total. The molecule has 0 aliphatic rings. The quantitative estimate of drug-likeness (QED) is 0.760. The lowest BCUT2D eigenvalue weighted by Gasteiger charge is -2.17. The van der Waals surface area contributed by atoms with E-state index in [9.17, 15) is 17.6 Å². The first-order chi connectivity index (χ1) is 7.78. The molecule has 17 heavy (non-hydrogen) atoms. The van der Waals surface area contributed by atoms with Gasteiger partial charge < -0.3 is 4.90 Å². The monoisotopic (exact) mass is 313 g/mol. The first kappa shape index (κ1) is 14.4. The van der Waals surface area contributed by atoms with Crippen molar-refractivity contribution in [1.82, 2.24) is 4.90 Å². The van der Waals surface area contributed by atoms with Gasteiger partial charge in [-0.25, -0.2) is 4.39 Å². The standard InChI is InChI=1S/C11H12BrF4N/c1-17(5-4-11(14,15)16)7-8-2-3-10(13)9(12)6-8/h2-3,6H,4-5,7H2,1H3. The van der Waals surface area contributed by atoms with E-state index in [1.165, 1.54) is 6.07 Å². The van der Waals surface area contributed by atoms with Gasteiger partial charge in [-0.15, -0.1) is 0 Å². The lowest BCUT2D eigenvalue weighted by Crippen LogP contribution is -2.24. The summed E-state index contributed by atoms with van der Waals surface area (Å²) in [7, 11) is 1.60. The minimum atomic E-state index is -4.14. The molecule has 1 aromatic rings. The Labute approximate surface area is 106 Å². The van der Waals surface area contributed by atoms with Crippen LogP contribution < -0.4 is 0 Å². The largest absolute Gasteiger partial charge is 0.390 e. The van der Waals surface area contributed by atoms with Gasteiger partial charge in [-0.1, -0.05) is 6.07 Å². The highest BCUT2D eigenvalue weighted by molar-refractivity contribution is 9.10. The summed E-state index contributed by atoms with van der Waals surface area (Å²) in [5, 5.41) is 0. The molecule has 0 unspecified atom stereocenters. The van der Waals surface area contributed by atoms with Crippen molar-refractivity contribution in [2.75, 3.05) is 13.6 Å². The van der Waals surface area contributed by atoms with Crippen LogP contribution >= 0.6 is 15.9 Å². The predicted octanol–water partition coefficient (Wildman–Crippen LogP) is 3.97. The Morgan fingerprint density at radius 3 is 2.47 bits per heavy atom. The van der Waals surface area contributed by atoms with Crippen molar-refractivity contribution < 1.29 is 17.6 Å². The second-order valence-electron chi connectivity index (χ2n) is 3.85. The average Bonchev–Trinajstić information content (AvgIpc) is 2.20. The van der Waals surface area contributed by atoms with Crippen molar-refractivity contribution in [2.24, 2.45) is 0 Å². The van der Waals surface area contributed by atoms with Crippen molar-refractivity contribution in [3.63, 3.8) is 0 Å². The number of benzene rings is 1. The molecule has 0 saturated carbocycles. The Morgan fingerprint density at radius 2 is 1.94 bits per heavy atom. The number of nitrogens with zero attached hydrogens (tertiary/aromatic N) is 1. The molecule has 0 saturated heterocycles. The van der Waals surface area contributed by atoms with Gasteiger partial charge in [-0.05, 0) is 40.7 Å². The van der Waals surface area contributed by atoms with Crippen molar-refractivity contribution >= 4 is 15.9 Å². The molecular weight excluding hydrogens is 302 g/mol. The maximum absolute atomic E-state index is 12.9. The van der Waals surface area contributed by atoms with Crippen LogP contribution in [0.4, 0.5) is 17.6 Å². The van der Waals surface area contributed by atoms with Gasteiger partial charge in [-0.2, -0.15) is 13.2 Å². The minimum absolute atomic E-state index is 0.0709. The second-order valence-corrected chi connectivity index (χ2v) is 4.71. The highest BCUT2D eigenvalue weighted by atomic mass is 79.9. The number of rotatable bonds is 4. The van der Waals surface area contributed by atoms with E-state index in [1.807, 2.05) is 0 Å². The van der Waals surface area contributed by atoms with E-state index in [-0.39, 0.29) is 12.4 Å². The third-order valence-electron chi connectivity index (χ3n) is 2.21. The molecule has 96 valence electrons. The van der Waals surface area contributed by atoms with Crippen LogP contribution in [-0.4, -0.2) is 24.7 Å². The van der Waals surface area contributed by atoms with Gasteiger partial charge in [0.2, 0.25) is 0 Å². The Morgan fingerprint density at radius 1 is 1.29 bits per heavy atom. The van der Waals surface area contributed by atoms with E-state index in [0.29, 0.717) is 11.0 Å². The summed E-state index contributed by atoms with van der Waals surface area (Å²) < 4.78 is 49.2. The number of hydrogen-bond acceptors (Lipinski definition) is 1. The maximum atomic E-state index is 12.9. The summed E-state index contributed by atoms with van der Waals surface area (Å²) in [5.74, 6) is -0.383. The molecule has 0 radical (unpaired) electrons. The Kier molecular flexibility index (Phi) is 4.94. The molecule has 0 fully saturated rings. The summed E-state index contributed by atoms with van der Waals surface area (Å²) in [6, 6.07) is 4.42. The van der Waals surface area contributed by atoms with Crippen LogP contribution in [0.2, 0.25) is 0 Å². The molecule has 0 aromatic heterocycles. The zero-order chi connectivity index (χ0) is 13.1. The van der Waals surface area contributed by atoms with Gasteiger partial charge in [0.15, 0.2) is 0 Å². The van der Waals surface area contributed by atoms with Crippen molar-refractivity contribution in [1.29, 1.82) is 0 Å². The van der Waals surface area contributed by atoms with Gasteiger partial charge >= 0.3 is 6.18 Å². The molecular formula is C11H12BrF4N. The second kappa shape index (κ2) is 5.82. The van der Waals surface area contributed by atoms with Crippen LogP contribution in [0.1, 0.15) is 12.0 Å². The van der Waals surface area contributed by atoms with Crippen LogP contribution in [0.25, 0.3) is 0 Å². The number of halogens is 5. The molecule has 0 atom stereocenters. The lowest BCUT2D eigenvalue weighted by molar-refractivity contribution is -0.137. The molecule has 1 aromatic carbocycles. The minimum Gasteiger partial charge on any atom is -0.302 e. The van der Waals surface area contributed by atoms with Crippen molar-refractivity contribution in [2.45, 2.75) is 19.1 Å². The van der Waals surface area contributed by atoms with E-state index in [2.05, 4.69) is 15.9 Å². The van der Waals surface area contributed by atoms with Crippen molar-refractivity contribution in [3.05, 3.63) is 34.1 Å². The molecule has 0 N–H and O–H groups in total. The fourth-order valence-corrected chi connectivity index (χ4v) is 1.77. The first-order valence-corrected chi connectivity index (χ1v) is 5.76. The lowest BCUT2D eigenvalue weighted by atomic mass is 10.2. The third kappa shape index (κ3) is 5.50. The van der Waals surface area contributed by atoms with Crippen LogP contribution in [0, 0.1) is 5.82 Å². The highest BCUT2D eigenvalue weighted by Gasteiger charge is 2.26. The predicted molar refractivity (Wildman–Crippen MR) is 61.1 cm³/mol. The van der Waals surface area contributed by atoms with Gasteiger partial charge in [0.25, 0.3) is 0 Å². The van der Waals surface area contributed by atoms with E-state index in [0.717, 1.165) is 5.56 Å². The summed E-state index contributed by atoms with van der Waals surface area (Å²) in [4.78, 5) is 1.55. The first-order valence-electron chi connectivity index (χ1n) is 4.97. The van der Waals surface area contributed by atoms with Crippen LogP contribution in [0.3, 0.4) is 0 Å². The molecule has 0 amide bonds. The number of alkyl halides is 3. The van der Waals surface area contributed by atoms with Gasteiger partial charge in [-0.3, -0.25) is 0 Å². The van der Waals surface area contributed by atoms with E-state index < -0.39 is 12.6 Å². The number of hydrogen-bond donors (Lipinski definition) is 0. The summed E-state index contributed by atoms with van der Waals surface area (Å²) in [5.41, 5.74) is 0.767. The Bertz CT molecular complexity index is 378. The van der Waals surface area contributed by atoms with Gasteiger partial charge in [0.1, 0.15) is 5.82 Å². The van der Waals surface area contributed by atoms with E-state index in [1.54, 1.807) is 24.1 Å². The van der Waals surface area contributed by atoms with Gasteiger partial charge in [0, 0.05) is 13.1 Å². The van der Waals surface area contributed by atoms with Crippen LogP contribution in [0.5, 0.6) is 0 Å². The topological polar surface area (TPSA) is 3.24 Å². The smallest absolute Gasteiger partial charge is 0.302 e. The fourth-order valence-electron chi connectivity index (χ4n) is 1.35.